The molecule has 0 aliphatic carbocycles. The van der Waals surface area contributed by atoms with Gasteiger partial charge in [-0.3, -0.25) is 0 Å². The lowest BCUT2D eigenvalue weighted by Gasteiger charge is -2.13. The van der Waals surface area contributed by atoms with Crippen LogP contribution in [-0.2, 0) is 6.42 Å². The Bertz CT molecular complexity index is 373. The van der Waals surface area contributed by atoms with Crippen LogP contribution in [0.1, 0.15) is 5.56 Å². The molecule has 0 spiro atoms. The second kappa shape index (κ2) is 6.06. The molecule has 0 aromatic heterocycles. The van der Waals surface area contributed by atoms with E-state index in [-0.39, 0.29) is 5.75 Å². The minimum absolute atomic E-state index is 0.142. The molecule has 0 aliphatic rings. The van der Waals surface area contributed by atoms with Gasteiger partial charge in [0.1, 0.15) is 5.75 Å². The Hall–Kier alpha value is -0.270. The number of alkyl halides is 3. The maximum atomic E-state index is 12.0. The highest BCUT2D eigenvalue weighted by Gasteiger charge is 2.29. The van der Waals surface area contributed by atoms with Crippen molar-refractivity contribution in [2.24, 2.45) is 5.73 Å². The van der Waals surface area contributed by atoms with E-state index >= 15 is 0 Å². The quantitative estimate of drug-likeness (QED) is 0.870. The third-order valence-electron chi connectivity index (χ3n) is 1.87. The molecule has 0 radical (unpaired) electrons. The molecule has 7 heteroatoms. The molecule has 0 atom stereocenters. The van der Waals surface area contributed by atoms with Crippen LogP contribution in [0.3, 0.4) is 0 Å². The first-order valence-corrected chi connectivity index (χ1v) is 6.29. The third kappa shape index (κ3) is 4.85. The monoisotopic (exact) mass is 375 g/mol. The fraction of sp³-hybridized carbons (Fsp3) is 0.400. The smallest absolute Gasteiger partial charge is 0.422 e. The SMILES string of the molecule is NCCc1cc(Br)c(OCC(F)(F)F)c(Br)c1. The van der Waals surface area contributed by atoms with Crippen LogP contribution in [0.5, 0.6) is 5.75 Å². The van der Waals surface area contributed by atoms with Crippen molar-refractivity contribution in [3.8, 4) is 5.75 Å². The van der Waals surface area contributed by atoms with Gasteiger partial charge in [-0.05, 0) is 62.5 Å². The first-order valence-electron chi connectivity index (χ1n) is 4.71. The van der Waals surface area contributed by atoms with Crippen LogP contribution >= 0.6 is 31.9 Å². The number of halogens is 5. The highest BCUT2D eigenvalue weighted by atomic mass is 79.9. The lowest BCUT2D eigenvalue weighted by molar-refractivity contribution is -0.153. The normalized spacial score (nSPS) is 11.6. The van der Waals surface area contributed by atoms with Crippen LogP contribution in [0.15, 0.2) is 21.1 Å². The summed E-state index contributed by atoms with van der Waals surface area (Å²) in [6.45, 7) is -0.845. The summed E-state index contributed by atoms with van der Waals surface area (Å²) in [5.41, 5.74) is 6.33. The van der Waals surface area contributed by atoms with Crippen molar-refractivity contribution in [3.63, 3.8) is 0 Å². The van der Waals surface area contributed by atoms with Gasteiger partial charge in [0, 0.05) is 0 Å². The molecule has 1 aromatic rings. The van der Waals surface area contributed by atoms with Gasteiger partial charge in [0.25, 0.3) is 0 Å². The second-order valence-electron chi connectivity index (χ2n) is 3.33. The van der Waals surface area contributed by atoms with Crippen molar-refractivity contribution < 1.29 is 17.9 Å². The van der Waals surface area contributed by atoms with Crippen LogP contribution in [0.4, 0.5) is 13.2 Å². The van der Waals surface area contributed by atoms with E-state index in [1.807, 2.05) is 0 Å². The van der Waals surface area contributed by atoms with Gasteiger partial charge in [0.15, 0.2) is 6.61 Å². The van der Waals surface area contributed by atoms with E-state index in [0.717, 1.165) is 5.56 Å². The van der Waals surface area contributed by atoms with Crippen molar-refractivity contribution >= 4 is 31.9 Å². The van der Waals surface area contributed by atoms with Gasteiger partial charge in [-0.15, -0.1) is 0 Å². The number of benzene rings is 1. The van der Waals surface area contributed by atoms with E-state index in [9.17, 15) is 13.2 Å². The van der Waals surface area contributed by atoms with Crippen molar-refractivity contribution in [1.82, 2.24) is 0 Å². The Morgan fingerprint density at radius 2 is 1.71 bits per heavy atom. The molecular weight excluding hydrogens is 367 g/mol. The van der Waals surface area contributed by atoms with Gasteiger partial charge in [-0.25, -0.2) is 0 Å². The molecule has 1 rings (SSSR count). The molecule has 0 unspecified atom stereocenters. The number of ether oxygens (including phenoxy) is 1. The summed E-state index contributed by atoms with van der Waals surface area (Å²) in [4.78, 5) is 0. The van der Waals surface area contributed by atoms with Crippen LogP contribution < -0.4 is 10.5 Å². The fourth-order valence-electron chi connectivity index (χ4n) is 1.22. The van der Waals surface area contributed by atoms with Crippen molar-refractivity contribution in [1.29, 1.82) is 0 Å². The minimum atomic E-state index is -4.35. The van der Waals surface area contributed by atoms with Crippen LogP contribution in [-0.4, -0.2) is 19.3 Å². The number of rotatable bonds is 4. The van der Waals surface area contributed by atoms with Gasteiger partial charge >= 0.3 is 6.18 Å². The lowest BCUT2D eigenvalue weighted by Crippen LogP contribution is -2.19. The van der Waals surface area contributed by atoms with E-state index in [2.05, 4.69) is 31.9 Å². The van der Waals surface area contributed by atoms with Crippen LogP contribution in [0.2, 0.25) is 0 Å². The third-order valence-corrected chi connectivity index (χ3v) is 3.05. The van der Waals surface area contributed by atoms with Gasteiger partial charge < -0.3 is 10.5 Å². The average Bonchev–Trinajstić information content (AvgIpc) is 2.14. The zero-order valence-corrected chi connectivity index (χ0v) is 11.8. The molecule has 0 saturated carbocycles. The molecule has 2 nitrogen and oxygen atoms in total. The Morgan fingerprint density at radius 1 is 1.18 bits per heavy atom. The summed E-state index contributed by atoms with van der Waals surface area (Å²) in [5.74, 6) is 0.142. The largest absolute Gasteiger partial charge is 0.482 e. The molecule has 1 aromatic carbocycles. The van der Waals surface area contributed by atoms with Crippen LogP contribution in [0.25, 0.3) is 0 Å². The molecule has 2 N–H and O–H groups in total. The predicted molar refractivity (Wildman–Crippen MR) is 66.2 cm³/mol. The molecule has 17 heavy (non-hydrogen) atoms. The Labute approximate surface area is 114 Å². The summed E-state index contributed by atoms with van der Waals surface area (Å²) in [7, 11) is 0. The van der Waals surface area contributed by atoms with Crippen molar-refractivity contribution in [3.05, 3.63) is 26.6 Å². The highest BCUT2D eigenvalue weighted by Crippen LogP contribution is 2.35. The first kappa shape index (κ1) is 14.8. The lowest BCUT2D eigenvalue weighted by atomic mass is 10.1. The van der Waals surface area contributed by atoms with Crippen molar-refractivity contribution in [2.45, 2.75) is 12.6 Å². The second-order valence-corrected chi connectivity index (χ2v) is 5.04. The molecule has 0 fully saturated rings. The maximum Gasteiger partial charge on any atom is 0.422 e. The Kier molecular flexibility index (Phi) is 5.27. The summed E-state index contributed by atoms with van der Waals surface area (Å²) in [5, 5.41) is 0. The topological polar surface area (TPSA) is 35.2 Å². The molecule has 0 heterocycles. The number of hydrogen-bond acceptors (Lipinski definition) is 2. The van der Waals surface area contributed by atoms with E-state index in [4.69, 9.17) is 10.5 Å². The molecule has 96 valence electrons. The Morgan fingerprint density at radius 3 is 2.12 bits per heavy atom. The molecule has 0 amide bonds. The van der Waals surface area contributed by atoms with Gasteiger partial charge in [0.2, 0.25) is 0 Å². The first-order chi connectivity index (χ1) is 7.83. The minimum Gasteiger partial charge on any atom is -0.482 e. The number of hydrogen-bond donors (Lipinski definition) is 1. The predicted octanol–water partition coefficient (Wildman–Crippen LogP) is 3.65. The Balaban J connectivity index is 2.86. The van der Waals surface area contributed by atoms with Gasteiger partial charge in [-0.1, -0.05) is 0 Å². The molecule has 0 saturated heterocycles. The zero-order chi connectivity index (χ0) is 13.1. The van der Waals surface area contributed by atoms with E-state index in [1.165, 1.54) is 0 Å². The van der Waals surface area contributed by atoms with Crippen LogP contribution in [0, 0.1) is 0 Å². The summed E-state index contributed by atoms with van der Waals surface area (Å²) in [6.07, 6.45) is -3.70. The maximum absolute atomic E-state index is 12.0. The molecular formula is C10H10Br2F3NO. The van der Waals surface area contributed by atoms with E-state index < -0.39 is 12.8 Å². The summed E-state index contributed by atoms with van der Waals surface area (Å²) < 4.78 is 41.8. The van der Waals surface area contributed by atoms with Crippen molar-refractivity contribution in [2.75, 3.05) is 13.2 Å². The van der Waals surface area contributed by atoms with E-state index in [0.29, 0.717) is 21.9 Å². The van der Waals surface area contributed by atoms with E-state index in [1.54, 1.807) is 12.1 Å². The molecule has 0 bridgehead atoms. The standard InChI is InChI=1S/C10H10Br2F3NO/c11-7-3-6(1-2-16)4-8(12)9(7)17-5-10(13,14)15/h3-4H,1-2,5,16H2. The summed E-state index contributed by atoms with van der Waals surface area (Å²) in [6, 6.07) is 3.40. The number of nitrogens with two attached hydrogens (primary N) is 1. The fourth-order valence-corrected chi connectivity index (χ4v) is 2.73. The van der Waals surface area contributed by atoms with Gasteiger partial charge in [-0.2, -0.15) is 13.2 Å². The summed E-state index contributed by atoms with van der Waals surface area (Å²) >= 11 is 6.35. The molecule has 0 aliphatic heterocycles. The zero-order valence-electron chi connectivity index (χ0n) is 8.65. The van der Waals surface area contributed by atoms with Gasteiger partial charge in [0.05, 0.1) is 8.95 Å². The average molecular weight is 377 g/mol. The highest BCUT2D eigenvalue weighted by molar-refractivity contribution is 9.11.